The summed E-state index contributed by atoms with van der Waals surface area (Å²) in [6, 6.07) is 4.20. The average Bonchev–Trinajstić information content (AvgIpc) is 2.44. The van der Waals surface area contributed by atoms with Gasteiger partial charge in [0.25, 0.3) is 11.3 Å². The number of rotatable bonds is 6. The molecule has 0 saturated heterocycles. The Morgan fingerprint density at radius 2 is 1.91 bits per heavy atom. The van der Waals surface area contributed by atoms with E-state index in [4.69, 9.17) is 4.55 Å². The number of carbonyl (C=O) groups excluding carboxylic acids is 2. The van der Waals surface area contributed by atoms with E-state index in [1.807, 2.05) is 0 Å². The summed E-state index contributed by atoms with van der Waals surface area (Å²) >= 11 is -2.62. The third kappa shape index (κ3) is 5.10. The molecule has 0 aromatic heterocycles. The lowest BCUT2D eigenvalue weighted by atomic mass is 10.1. The number of hydrogen-bond acceptors (Lipinski definition) is 6. The van der Waals surface area contributed by atoms with Crippen LogP contribution in [0.3, 0.4) is 0 Å². The molecule has 2 atom stereocenters. The molecule has 0 bridgehead atoms. The Morgan fingerprint density at radius 3 is 2.39 bits per heavy atom. The number of nitrogens with zero attached hydrogens (tertiary/aromatic N) is 1. The van der Waals surface area contributed by atoms with Crippen molar-refractivity contribution in [3.63, 3.8) is 0 Å². The number of sulfone groups is 1. The maximum atomic E-state index is 12.2. The summed E-state index contributed by atoms with van der Waals surface area (Å²) in [7, 11) is -2.40. The van der Waals surface area contributed by atoms with Crippen molar-refractivity contribution < 1.29 is 31.6 Å². The minimum absolute atomic E-state index is 0.0169. The summed E-state index contributed by atoms with van der Waals surface area (Å²) in [5.41, 5.74) is 0.0169. The average molecular weight is 364 g/mol. The van der Waals surface area contributed by atoms with E-state index in [2.05, 4.69) is 4.84 Å². The number of likely N-dealkylation sites (N-methyl/N-ethyl adjacent to an activating group) is 1. The lowest BCUT2D eigenvalue weighted by Crippen LogP contribution is -2.38. The molecular weight excluding hydrogens is 348 g/mol. The molecule has 23 heavy (non-hydrogen) atoms. The van der Waals surface area contributed by atoms with Crippen LogP contribution in [-0.2, 0) is 35.5 Å². The molecule has 0 aliphatic rings. The highest BCUT2D eigenvalue weighted by atomic mass is 32.2. The van der Waals surface area contributed by atoms with Gasteiger partial charge in [-0.05, 0) is 11.0 Å². The monoisotopic (exact) mass is 364 g/mol. The Balaban J connectivity index is 3.39. The number of nitrogens with one attached hydrogen (secondary N) is 1. The highest BCUT2D eigenvalue weighted by Gasteiger charge is 2.33. The van der Waals surface area contributed by atoms with Crippen molar-refractivity contribution in [2.75, 3.05) is 13.3 Å². The summed E-state index contributed by atoms with van der Waals surface area (Å²) in [6.07, 6.45) is 0.961. The summed E-state index contributed by atoms with van der Waals surface area (Å²) in [5, 5.41) is 0. The van der Waals surface area contributed by atoms with Crippen molar-refractivity contribution in [2.24, 2.45) is 0 Å². The van der Waals surface area contributed by atoms with E-state index in [0.717, 1.165) is 11.2 Å². The van der Waals surface area contributed by atoms with E-state index >= 15 is 0 Å². The van der Waals surface area contributed by atoms with Gasteiger partial charge < -0.3 is 9.74 Å². The first-order valence-electron chi connectivity index (χ1n) is 6.15. The molecule has 1 aromatic rings. The summed E-state index contributed by atoms with van der Waals surface area (Å²) < 4.78 is 42.9. The standard InChI is InChI=1S/C12H16N2O7S2/c1-8(15)14(2)11(12(16)21-13-22(17)18)9-6-4-5-7-10(9)23(3,19)20/h4-7,11,13H,1-3H3,(H,17,18). The fourth-order valence-electron chi connectivity index (χ4n) is 1.85. The van der Waals surface area contributed by atoms with E-state index < -0.39 is 39.0 Å². The molecule has 2 N–H and O–H groups in total. The molecule has 0 aliphatic carbocycles. The van der Waals surface area contributed by atoms with Crippen LogP contribution in [0.15, 0.2) is 29.2 Å². The molecule has 2 unspecified atom stereocenters. The molecule has 0 fully saturated rings. The molecule has 0 spiro atoms. The third-order valence-corrected chi connectivity index (χ3v) is 4.33. The first kappa shape index (κ1) is 19.2. The normalized spacial score (nSPS) is 13.9. The zero-order valence-electron chi connectivity index (χ0n) is 12.5. The molecule has 0 heterocycles. The topological polar surface area (TPSA) is 130 Å². The lowest BCUT2D eigenvalue weighted by Gasteiger charge is -2.26. The summed E-state index contributed by atoms with van der Waals surface area (Å²) in [5.74, 6) is -1.64. The van der Waals surface area contributed by atoms with Crippen molar-refractivity contribution in [1.29, 1.82) is 0 Å². The largest absolute Gasteiger partial charge is 0.353 e. The van der Waals surface area contributed by atoms with Gasteiger partial charge in [0.05, 0.1) is 4.90 Å². The van der Waals surface area contributed by atoms with Gasteiger partial charge in [-0.1, -0.05) is 18.2 Å². The second kappa shape index (κ2) is 7.64. The first-order chi connectivity index (χ1) is 10.6. The molecular formula is C12H16N2O7S2. The van der Waals surface area contributed by atoms with Crippen molar-refractivity contribution in [3.05, 3.63) is 29.8 Å². The minimum Gasteiger partial charge on any atom is -0.353 e. The number of carbonyl (C=O) groups is 2. The maximum Gasteiger partial charge on any atom is 0.353 e. The SMILES string of the molecule is CC(=O)N(C)C(C(=O)ONS(=O)O)c1ccccc1S(C)(=O)=O. The third-order valence-electron chi connectivity index (χ3n) is 2.93. The summed E-state index contributed by atoms with van der Waals surface area (Å²) in [6.45, 7) is 1.18. The van der Waals surface area contributed by atoms with Gasteiger partial charge >= 0.3 is 5.97 Å². The molecule has 0 saturated carbocycles. The van der Waals surface area contributed by atoms with Crippen molar-refractivity contribution in [3.8, 4) is 0 Å². The second-order valence-electron chi connectivity index (χ2n) is 4.60. The van der Waals surface area contributed by atoms with Crippen LogP contribution in [0.1, 0.15) is 18.5 Å². The fraction of sp³-hybridized carbons (Fsp3) is 0.333. The van der Waals surface area contributed by atoms with Crippen LogP contribution in [-0.4, -0.2) is 47.3 Å². The predicted octanol–water partition coefficient (Wildman–Crippen LogP) is -0.206. The Kier molecular flexibility index (Phi) is 6.38. The van der Waals surface area contributed by atoms with Crippen LogP contribution in [0, 0.1) is 0 Å². The molecule has 11 heteroatoms. The van der Waals surface area contributed by atoms with Crippen LogP contribution in [0.4, 0.5) is 0 Å². The Bertz CT molecular complexity index is 733. The molecule has 9 nitrogen and oxygen atoms in total. The van der Waals surface area contributed by atoms with Gasteiger partial charge in [0.1, 0.15) is 0 Å². The van der Waals surface area contributed by atoms with Crippen LogP contribution in [0.2, 0.25) is 0 Å². The number of benzene rings is 1. The van der Waals surface area contributed by atoms with Crippen molar-refractivity contribution >= 4 is 33.0 Å². The molecule has 0 aliphatic heterocycles. The van der Waals surface area contributed by atoms with Crippen molar-refractivity contribution in [1.82, 2.24) is 9.79 Å². The molecule has 1 amide bonds. The van der Waals surface area contributed by atoms with E-state index in [9.17, 15) is 22.2 Å². The van der Waals surface area contributed by atoms with Crippen LogP contribution in [0.5, 0.6) is 0 Å². The highest BCUT2D eigenvalue weighted by molar-refractivity contribution is 7.90. The van der Waals surface area contributed by atoms with Crippen LogP contribution < -0.4 is 4.89 Å². The van der Waals surface area contributed by atoms with Gasteiger partial charge in [-0.3, -0.25) is 9.35 Å². The van der Waals surface area contributed by atoms with E-state index in [1.165, 1.54) is 43.1 Å². The molecule has 128 valence electrons. The Hall–Kier alpha value is -1.82. The van der Waals surface area contributed by atoms with Gasteiger partial charge in [0, 0.05) is 25.8 Å². The van der Waals surface area contributed by atoms with Gasteiger partial charge in [0.2, 0.25) is 5.91 Å². The predicted molar refractivity (Wildman–Crippen MR) is 80.7 cm³/mol. The summed E-state index contributed by atoms with van der Waals surface area (Å²) in [4.78, 5) is 30.5. The van der Waals surface area contributed by atoms with Crippen molar-refractivity contribution in [2.45, 2.75) is 17.9 Å². The zero-order valence-corrected chi connectivity index (χ0v) is 14.2. The van der Waals surface area contributed by atoms with Crippen LogP contribution >= 0.6 is 0 Å². The lowest BCUT2D eigenvalue weighted by molar-refractivity contribution is -0.157. The van der Waals surface area contributed by atoms with E-state index in [-0.39, 0.29) is 10.5 Å². The van der Waals surface area contributed by atoms with E-state index in [1.54, 1.807) is 0 Å². The highest BCUT2D eigenvalue weighted by Crippen LogP contribution is 2.27. The smallest absolute Gasteiger partial charge is 0.353 e. The van der Waals surface area contributed by atoms with Gasteiger partial charge in [0.15, 0.2) is 15.9 Å². The molecule has 0 radical (unpaired) electrons. The van der Waals surface area contributed by atoms with Gasteiger partial charge in [-0.25, -0.2) is 17.4 Å². The second-order valence-corrected chi connectivity index (χ2v) is 7.25. The Morgan fingerprint density at radius 1 is 1.35 bits per heavy atom. The minimum atomic E-state index is -3.68. The van der Waals surface area contributed by atoms with Gasteiger partial charge in [-0.2, -0.15) is 0 Å². The maximum absolute atomic E-state index is 12.2. The zero-order chi connectivity index (χ0) is 17.8. The first-order valence-corrected chi connectivity index (χ1v) is 9.15. The molecule has 1 aromatic carbocycles. The fourth-order valence-corrected chi connectivity index (χ4v) is 2.94. The Labute approximate surface area is 135 Å². The molecule has 1 rings (SSSR count). The van der Waals surface area contributed by atoms with Gasteiger partial charge in [-0.15, -0.1) is 0 Å². The number of amides is 1. The number of hydrogen-bond donors (Lipinski definition) is 2. The quantitative estimate of drug-likeness (QED) is 0.528. The van der Waals surface area contributed by atoms with Crippen LogP contribution in [0.25, 0.3) is 0 Å². The van der Waals surface area contributed by atoms with E-state index in [0.29, 0.717) is 0 Å².